The molecule has 0 saturated carbocycles. The van der Waals surface area contributed by atoms with Crippen molar-refractivity contribution >= 4 is 53.2 Å². The van der Waals surface area contributed by atoms with Crippen molar-refractivity contribution in [3.63, 3.8) is 0 Å². The molecule has 0 fully saturated rings. The van der Waals surface area contributed by atoms with Crippen molar-refractivity contribution in [3.05, 3.63) is 13.6 Å². The smallest absolute Gasteiger partial charge is 0.243 e. The average Bonchev–Trinajstić information content (AvgIpc) is 2.66. The van der Waals surface area contributed by atoms with Gasteiger partial charge in [-0.3, -0.25) is 0 Å². The van der Waals surface area contributed by atoms with Gasteiger partial charge in [-0.1, -0.05) is 13.8 Å². The number of sulfonamides is 1. The van der Waals surface area contributed by atoms with Crippen LogP contribution in [0, 0.1) is 0 Å². The third-order valence-corrected chi connectivity index (χ3v) is 7.26. The van der Waals surface area contributed by atoms with Crippen LogP contribution in [0.15, 0.2) is 18.5 Å². The van der Waals surface area contributed by atoms with E-state index in [1.807, 2.05) is 13.8 Å². The highest BCUT2D eigenvalue weighted by Gasteiger charge is 2.33. The Morgan fingerprint density at radius 2 is 1.94 bits per heavy atom. The molecule has 104 valence electrons. The number of hydrogen-bond acceptors (Lipinski definition) is 4. The summed E-state index contributed by atoms with van der Waals surface area (Å²) in [6.45, 7) is 3.48. The van der Waals surface area contributed by atoms with Gasteiger partial charge >= 0.3 is 0 Å². The zero-order valence-corrected chi connectivity index (χ0v) is 14.8. The maximum atomic E-state index is 12.3. The molecule has 4 nitrogen and oxygen atoms in total. The Bertz CT molecular complexity index is 501. The molecule has 1 aromatic rings. The van der Waals surface area contributed by atoms with Gasteiger partial charge in [-0.05, 0) is 50.8 Å². The van der Waals surface area contributed by atoms with Crippen LogP contribution in [-0.4, -0.2) is 25.7 Å². The van der Waals surface area contributed by atoms with Crippen molar-refractivity contribution in [3.8, 4) is 0 Å². The van der Waals surface area contributed by atoms with E-state index in [2.05, 4.69) is 36.6 Å². The molecule has 1 aromatic heterocycles. The van der Waals surface area contributed by atoms with Crippen LogP contribution in [0.1, 0.15) is 26.7 Å². The lowest BCUT2D eigenvalue weighted by Gasteiger charge is -2.30. The van der Waals surface area contributed by atoms with Crippen molar-refractivity contribution in [2.45, 2.75) is 37.1 Å². The van der Waals surface area contributed by atoms with Crippen LogP contribution in [0.5, 0.6) is 0 Å². The maximum absolute atomic E-state index is 12.3. The van der Waals surface area contributed by atoms with Crippen molar-refractivity contribution in [1.82, 2.24) is 4.72 Å². The first kappa shape index (κ1) is 16.6. The number of halogens is 2. The van der Waals surface area contributed by atoms with Gasteiger partial charge in [0.15, 0.2) is 0 Å². The topological polar surface area (TPSA) is 66.4 Å². The summed E-state index contributed by atoms with van der Waals surface area (Å²) in [5, 5.41) is 9.42. The van der Waals surface area contributed by atoms with E-state index < -0.39 is 15.6 Å². The zero-order valence-electron chi connectivity index (χ0n) is 10.0. The second-order valence-electron chi connectivity index (χ2n) is 3.94. The molecular formula is C10H15Br2NO3S2. The molecule has 0 radical (unpaired) electrons. The van der Waals surface area contributed by atoms with Gasteiger partial charge < -0.3 is 5.11 Å². The minimum Gasteiger partial charge on any atom is -0.394 e. The largest absolute Gasteiger partial charge is 0.394 e. The van der Waals surface area contributed by atoms with Gasteiger partial charge in [0.25, 0.3) is 0 Å². The summed E-state index contributed by atoms with van der Waals surface area (Å²) in [4.78, 5) is 0.194. The molecule has 0 aliphatic carbocycles. The molecule has 0 aliphatic heterocycles. The summed E-state index contributed by atoms with van der Waals surface area (Å²) in [7, 11) is -3.64. The monoisotopic (exact) mass is 419 g/mol. The lowest BCUT2D eigenvalue weighted by atomic mass is 9.96. The Labute approximate surface area is 128 Å². The molecule has 0 unspecified atom stereocenters. The number of hydrogen-bond donors (Lipinski definition) is 2. The molecule has 1 heterocycles. The van der Waals surface area contributed by atoms with Crippen LogP contribution in [-0.2, 0) is 10.0 Å². The van der Waals surface area contributed by atoms with E-state index in [9.17, 15) is 13.5 Å². The molecule has 18 heavy (non-hydrogen) atoms. The first-order chi connectivity index (χ1) is 8.30. The predicted octanol–water partition coefficient (Wildman–Crippen LogP) is 3.10. The molecule has 0 spiro atoms. The van der Waals surface area contributed by atoms with Crippen molar-refractivity contribution in [2.75, 3.05) is 6.61 Å². The van der Waals surface area contributed by atoms with Gasteiger partial charge in [0.1, 0.15) is 4.90 Å². The van der Waals surface area contributed by atoms with Gasteiger partial charge in [-0.2, -0.15) is 0 Å². The number of aliphatic hydroxyl groups is 1. The van der Waals surface area contributed by atoms with E-state index in [0.29, 0.717) is 16.6 Å². The summed E-state index contributed by atoms with van der Waals surface area (Å²) >= 11 is 7.78. The lowest BCUT2D eigenvalue weighted by Crippen LogP contribution is -2.50. The second kappa shape index (κ2) is 6.32. The number of thiophene rings is 1. The van der Waals surface area contributed by atoms with E-state index in [1.165, 1.54) is 11.3 Å². The number of nitrogens with one attached hydrogen (secondary N) is 1. The van der Waals surface area contributed by atoms with Crippen LogP contribution < -0.4 is 4.72 Å². The maximum Gasteiger partial charge on any atom is 0.243 e. The van der Waals surface area contributed by atoms with Crippen molar-refractivity contribution < 1.29 is 13.5 Å². The number of rotatable bonds is 6. The highest BCUT2D eigenvalue weighted by atomic mass is 79.9. The minimum absolute atomic E-state index is 0.194. The second-order valence-corrected chi connectivity index (χ2v) is 9.34. The minimum atomic E-state index is -3.64. The van der Waals surface area contributed by atoms with E-state index in [4.69, 9.17) is 0 Å². The summed E-state index contributed by atoms with van der Waals surface area (Å²) in [5.74, 6) is 0. The van der Waals surface area contributed by atoms with Crippen LogP contribution in [0.3, 0.4) is 0 Å². The Kier molecular flexibility index (Phi) is 5.82. The first-order valence-corrected chi connectivity index (χ1v) is 9.28. The highest BCUT2D eigenvalue weighted by Crippen LogP contribution is 2.35. The predicted molar refractivity (Wildman–Crippen MR) is 80.4 cm³/mol. The van der Waals surface area contributed by atoms with Gasteiger partial charge in [0, 0.05) is 0 Å². The van der Waals surface area contributed by atoms with E-state index in [-0.39, 0.29) is 11.5 Å². The number of aliphatic hydroxyl groups excluding tert-OH is 1. The summed E-state index contributed by atoms with van der Waals surface area (Å²) in [5.41, 5.74) is -0.799. The Morgan fingerprint density at radius 1 is 1.39 bits per heavy atom. The molecule has 0 atom stereocenters. The van der Waals surface area contributed by atoms with E-state index in [0.717, 1.165) is 3.79 Å². The van der Waals surface area contributed by atoms with Crippen LogP contribution in [0.2, 0.25) is 0 Å². The van der Waals surface area contributed by atoms with E-state index in [1.54, 1.807) is 6.07 Å². The third kappa shape index (κ3) is 3.55. The van der Waals surface area contributed by atoms with Gasteiger partial charge in [0.2, 0.25) is 10.0 Å². The fourth-order valence-electron chi connectivity index (χ4n) is 1.50. The van der Waals surface area contributed by atoms with Crippen molar-refractivity contribution in [1.29, 1.82) is 0 Å². The normalized spacial score (nSPS) is 12.9. The molecule has 8 heteroatoms. The van der Waals surface area contributed by atoms with Crippen molar-refractivity contribution in [2.24, 2.45) is 0 Å². The summed E-state index contributed by atoms with van der Waals surface area (Å²) in [6, 6.07) is 1.55. The van der Waals surface area contributed by atoms with Gasteiger partial charge in [-0.15, -0.1) is 11.3 Å². The molecule has 0 saturated heterocycles. The van der Waals surface area contributed by atoms with Crippen LogP contribution in [0.25, 0.3) is 0 Å². The molecule has 0 aromatic carbocycles. The molecule has 0 bridgehead atoms. The lowest BCUT2D eigenvalue weighted by molar-refractivity contribution is 0.172. The van der Waals surface area contributed by atoms with E-state index >= 15 is 0 Å². The molecule has 1 rings (SSSR count). The molecule has 0 amide bonds. The molecular weight excluding hydrogens is 406 g/mol. The Hall–Kier alpha value is 0.530. The standard InChI is InChI=1S/C10H15Br2NO3S2/c1-3-10(4-2,6-14)13-18(15,16)7-5-8(11)17-9(7)12/h5,13-14H,3-4,6H2,1-2H3. The average molecular weight is 421 g/mol. The Balaban J connectivity index is 3.12. The summed E-state index contributed by atoms with van der Waals surface area (Å²) < 4.78 is 28.5. The van der Waals surface area contributed by atoms with Gasteiger partial charge in [-0.25, -0.2) is 13.1 Å². The van der Waals surface area contributed by atoms with Gasteiger partial charge in [0.05, 0.1) is 19.7 Å². The highest BCUT2D eigenvalue weighted by molar-refractivity contribution is 9.12. The fraction of sp³-hybridized carbons (Fsp3) is 0.600. The SMILES string of the molecule is CCC(CC)(CO)NS(=O)(=O)c1cc(Br)sc1Br. The van der Waals surface area contributed by atoms with Crippen LogP contribution >= 0.6 is 43.2 Å². The summed E-state index contributed by atoms with van der Waals surface area (Å²) in [6.07, 6.45) is 1.06. The quantitative estimate of drug-likeness (QED) is 0.742. The molecule has 0 aliphatic rings. The Morgan fingerprint density at radius 3 is 2.28 bits per heavy atom. The first-order valence-electron chi connectivity index (χ1n) is 5.40. The third-order valence-electron chi connectivity index (χ3n) is 2.92. The van der Waals surface area contributed by atoms with Crippen LogP contribution in [0.4, 0.5) is 0 Å². The fourth-order valence-corrected chi connectivity index (χ4v) is 6.85. The zero-order chi connectivity index (χ0) is 14.0. The molecule has 2 N–H and O–H groups in total.